The molecule has 0 saturated carbocycles. The highest BCUT2D eigenvalue weighted by Gasteiger charge is 2.27. The van der Waals surface area contributed by atoms with E-state index in [9.17, 15) is 4.79 Å². The van der Waals surface area contributed by atoms with Crippen LogP contribution in [-0.4, -0.2) is 38.4 Å². The van der Waals surface area contributed by atoms with Gasteiger partial charge in [0.1, 0.15) is 5.82 Å². The summed E-state index contributed by atoms with van der Waals surface area (Å²) in [5.74, 6) is 1.53. The van der Waals surface area contributed by atoms with Gasteiger partial charge in [-0.3, -0.25) is 9.78 Å². The standard InChI is InChI=1S/C23H26N4O/c1-18-6-4-7-19(14-18)15-22(28)26-12-5-8-20(16-26)23-25-11-13-27(23)17-21-9-2-3-10-24-21/h2-4,6-7,9-11,13-14,20H,5,8,12,15-17H2,1H3. The smallest absolute Gasteiger partial charge is 0.227 e. The number of rotatable bonds is 5. The molecule has 5 heteroatoms. The fourth-order valence-electron chi connectivity index (χ4n) is 4.00. The van der Waals surface area contributed by atoms with Gasteiger partial charge in [0, 0.05) is 37.6 Å². The minimum absolute atomic E-state index is 0.207. The van der Waals surface area contributed by atoms with Gasteiger partial charge < -0.3 is 9.47 Å². The number of hydrogen-bond acceptors (Lipinski definition) is 3. The van der Waals surface area contributed by atoms with Crippen LogP contribution in [0.4, 0.5) is 0 Å². The van der Waals surface area contributed by atoms with Crippen LogP contribution in [0.15, 0.2) is 61.1 Å². The van der Waals surface area contributed by atoms with Crippen molar-refractivity contribution in [3.8, 4) is 0 Å². The fourth-order valence-corrected chi connectivity index (χ4v) is 4.00. The summed E-state index contributed by atoms with van der Waals surface area (Å²) in [6.45, 7) is 4.35. The molecule has 1 aromatic carbocycles. The SMILES string of the molecule is Cc1cccc(CC(=O)N2CCCC(c3nccn3Cc3ccccn3)C2)c1. The van der Waals surface area contributed by atoms with Gasteiger partial charge >= 0.3 is 0 Å². The molecule has 3 aromatic rings. The third kappa shape index (κ3) is 4.30. The first-order chi connectivity index (χ1) is 13.7. The highest BCUT2D eigenvalue weighted by Crippen LogP contribution is 2.26. The van der Waals surface area contributed by atoms with Crippen molar-refractivity contribution in [1.29, 1.82) is 0 Å². The Morgan fingerprint density at radius 3 is 2.89 bits per heavy atom. The summed E-state index contributed by atoms with van der Waals surface area (Å²) >= 11 is 0. The van der Waals surface area contributed by atoms with Crippen molar-refractivity contribution in [2.24, 2.45) is 0 Å². The van der Waals surface area contributed by atoms with E-state index < -0.39 is 0 Å². The molecule has 3 heterocycles. The number of likely N-dealkylation sites (tertiary alicyclic amines) is 1. The summed E-state index contributed by atoms with van der Waals surface area (Å²) in [6.07, 6.45) is 8.23. The number of carbonyl (C=O) groups is 1. The van der Waals surface area contributed by atoms with Crippen molar-refractivity contribution >= 4 is 5.91 Å². The third-order valence-electron chi connectivity index (χ3n) is 5.38. The van der Waals surface area contributed by atoms with E-state index in [4.69, 9.17) is 0 Å². The van der Waals surface area contributed by atoms with Crippen LogP contribution < -0.4 is 0 Å². The van der Waals surface area contributed by atoms with E-state index in [2.05, 4.69) is 33.6 Å². The monoisotopic (exact) mass is 374 g/mol. The third-order valence-corrected chi connectivity index (χ3v) is 5.38. The lowest BCUT2D eigenvalue weighted by atomic mass is 9.96. The number of nitrogens with zero attached hydrogens (tertiary/aromatic N) is 4. The zero-order valence-corrected chi connectivity index (χ0v) is 16.3. The molecule has 1 fully saturated rings. The molecule has 1 atom stereocenters. The van der Waals surface area contributed by atoms with Gasteiger partial charge in [-0.05, 0) is 37.5 Å². The van der Waals surface area contributed by atoms with E-state index in [0.29, 0.717) is 13.0 Å². The number of amides is 1. The first-order valence-electron chi connectivity index (χ1n) is 9.93. The van der Waals surface area contributed by atoms with Crippen molar-refractivity contribution in [3.63, 3.8) is 0 Å². The molecule has 2 aromatic heterocycles. The number of piperidine rings is 1. The normalized spacial score (nSPS) is 16.9. The lowest BCUT2D eigenvalue weighted by molar-refractivity contribution is -0.131. The first kappa shape index (κ1) is 18.4. The Morgan fingerprint density at radius 1 is 1.14 bits per heavy atom. The highest BCUT2D eigenvalue weighted by atomic mass is 16.2. The maximum Gasteiger partial charge on any atom is 0.227 e. The quantitative estimate of drug-likeness (QED) is 0.686. The Labute approximate surface area is 166 Å². The zero-order chi connectivity index (χ0) is 19.3. The largest absolute Gasteiger partial charge is 0.342 e. The second kappa shape index (κ2) is 8.38. The lowest BCUT2D eigenvalue weighted by Gasteiger charge is -2.33. The molecule has 1 unspecified atom stereocenters. The van der Waals surface area contributed by atoms with Crippen LogP contribution in [0.1, 0.15) is 41.4 Å². The Balaban J connectivity index is 1.44. The van der Waals surface area contributed by atoms with Gasteiger partial charge in [-0.2, -0.15) is 0 Å². The van der Waals surface area contributed by atoms with E-state index in [1.165, 1.54) is 5.56 Å². The van der Waals surface area contributed by atoms with E-state index in [0.717, 1.165) is 43.0 Å². The van der Waals surface area contributed by atoms with Gasteiger partial charge in [0.15, 0.2) is 0 Å². The molecule has 1 amide bonds. The summed E-state index contributed by atoms with van der Waals surface area (Å²) in [7, 11) is 0. The summed E-state index contributed by atoms with van der Waals surface area (Å²) in [5, 5.41) is 0. The number of pyridine rings is 1. The first-order valence-corrected chi connectivity index (χ1v) is 9.93. The van der Waals surface area contributed by atoms with Crippen molar-refractivity contribution in [1.82, 2.24) is 19.4 Å². The average molecular weight is 374 g/mol. The Bertz CT molecular complexity index is 935. The van der Waals surface area contributed by atoms with Gasteiger partial charge in [-0.25, -0.2) is 4.98 Å². The lowest BCUT2D eigenvalue weighted by Crippen LogP contribution is -2.40. The summed E-state index contributed by atoms with van der Waals surface area (Å²) in [5.41, 5.74) is 3.30. The minimum Gasteiger partial charge on any atom is -0.342 e. The van der Waals surface area contributed by atoms with Crippen LogP contribution in [0.5, 0.6) is 0 Å². The number of aromatic nitrogens is 3. The number of hydrogen-bond donors (Lipinski definition) is 0. The molecule has 1 saturated heterocycles. The topological polar surface area (TPSA) is 51.0 Å². The molecule has 0 aliphatic carbocycles. The molecule has 4 rings (SSSR count). The Hall–Kier alpha value is -2.95. The molecule has 0 spiro atoms. The zero-order valence-electron chi connectivity index (χ0n) is 16.3. The Kier molecular flexibility index (Phi) is 5.51. The number of imidazole rings is 1. The minimum atomic E-state index is 0.207. The molecule has 144 valence electrons. The van der Waals surface area contributed by atoms with Gasteiger partial charge in [0.2, 0.25) is 5.91 Å². The van der Waals surface area contributed by atoms with Crippen LogP contribution in [-0.2, 0) is 17.8 Å². The molecule has 1 aliphatic heterocycles. The maximum atomic E-state index is 12.9. The summed E-state index contributed by atoms with van der Waals surface area (Å²) in [4.78, 5) is 23.9. The predicted molar refractivity (Wildman–Crippen MR) is 109 cm³/mol. The fraction of sp³-hybridized carbons (Fsp3) is 0.348. The molecule has 0 radical (unpaired) electrons. The predicted octanol–water partition coefficient (Wildman–Crippen LogP) is 3.58. The number of benzene rings is 1. The summed E-state index contributed by atoms with van der Waals surface area (Å²) < 4.78 is 2.17. The van der Waals surface area contributed by atoms with E-state index in [1.807, 2.05) is 53.8 Å². The number of aryl methyl sites for hydroxylation is 1. The van der Waals surface area contributed by atoms with Gasteiger partial charge in [-0.1, -0.05) is 35.9 Å². The van der Waals surface area contributed by atoms with E-state index in [1.54, 1.807) is 0 Å². The Morgan fingerprint density at radius 2 is 2.07 bits per heavy atom. The molecule has 0 bridgehead atoms. The van der Waals surface area contributed by atoms with Crippen molar-refractivity contribution in [2.45, 2.75) is 38.6 Å². The average Bonchev–Trinajstić information content (AvgIpc) is 3.17. The van der Waals surface area contributed by atoms with Gasteiger partial charge in [0.05, 0.1) is 18.7 Å². The summed E-state index contributed by atoms with van der Waals surface area (Å²) in [6, 6.07) is 14.2. The molecule has 1 aliphatic rings. The molecule has 28 heavy (non-hydrogen) atoms. The molecule has 0 N–H and O–H groups in total. The van der Waals surface area contributed by atoms with Crippen LogP contribution in [0.25, 0.3) is 0 Å². The van der Waals surface area contributed by atoms with E-state index in [-0.39, 0.29) is 11.8 Å². The maximum absolute atomic E-state index is 12.9. The highest BCUT2D eigenvalue weighted by molar-refractivity contribution is 5.79. The van der Waals surface area contributed by atoms with Crippen molar-refractivity contribution in [2.75, 3.05) is 13.1 Å². The van der Waals surface area contributed by atoms with Crippen LogP contribution in [0.3, 0.4) is 0 Å². The number of carbonyl (C=O) groups excluding carboxylic acids is 1. The second-order valence-electron chi connectivity index (χ2n) is 7.58. The molecule has 5 nitrogen and oxygen atoms in total. The molecular formula is C23H26N4O. The second-order valence-corrected chi connectivity index (χ2v) is 7.58. The van der Waals surface area contributed by atoms with Gasteiger partial charge in [0.25, 0.3) is 0 Å². The van der Waals surface area contributed by atoms with Crippen LogP contribution >= 0.6 is 0 Å². The van der Waals surface area contributed by atoms with Crippen molar-refractivity contribution in [3.05, 3.63) is 83.7 Å². The van der Waals surface area contributed by atoms with Crippen LogP contribution in [0, 0.1) is 6.92 Å². The van der Waals surface area contributed by atoms with Crippen LogP contribution in [0.2, 0.25) is 0 Å². The molecular weight excluding hydrogens is 348 g/mol. The van der Waals surface area contributed by atoms with Gasteiger partial charge in [-0.15, -0.1) is 0 Å². The van der Waals surface area contributed by atoms with Crippen molar-refractivity contribution < 1.29 is 4.79 Å². The van der Waals surface area contributed by atoms with E-state index >= 15 is 0 Å².